The molecule has 0 bridgehead atoms. The second-order valence-corrected chi connectivity index (χ2v) is 10.2. The van der Waals surface area contributed by atoms with Crippen LogP contribution in [0.15, 0.2) is 48.5 Å². The van der Waals surface area contributed by atoms with E-state index in [-0.39, 0.29) is 23.5 Å². The van der Waals surface area contributed by atoms with Crippen LogP contribution in [0.5, 0.6) is 0 Å². The summed E-state index contributed by atoms with van der Waals surface area (Å²) in [5.74, 6) is 0.394. The molecule has 2 unspecified atom stereocenters. The lowest BCUT2D eigenvalue weighted by atomic mass is 10.0. The molecule has 148 valence electrons. The Morgan fingerprint density at radius 1 is 1.11 bits per heavy atom. The van der Waals surface area contributed by atoms with Crippen LogP contribution in [0.3, 0.4) is 0 Å². The molecule has 5 nitrogen and oxygen atoms in total. The van der Waals surface area contributed by atoms with Gasteiger partial charge in [-0.05, 0) is 29.5 Å². The number of sulfone groups is 1. The SMILES string of the molecule is CC(C)c1ccc(CN(C2CCS(=O)(=O)C2)C2OC(=O)c3ccccc32)cc1. The third-order valence-corrected chi connectivity index (χ3v) is 7.41. The van der Waals surface area contributed by atoms with E-state index in [2.05, 4.69) is 38.1 Å². The normalized spacial score (nSPS) is 23.2. The molecule has 0 saturated carbocycles. The first-order valence-corrected chi connectivity index (χ1v) is 11.5. The summed E-state index contributed by atoms with van der Waals surface area (Å²) in [6.07, 6.45) is 0.00888. The summed E-state index contributed by atoms with van der Waals surface area (Å²) < 4.78 is 29.9. The molecule has 0 N–H and O–H groups in total. The third-order valence-electron chi connectivity index (χ3n) is 5.66. The van der Waals surface area contributed by atoms with Gasteiger partial charge in [0.25, 0.3) is 0 Å². The number of cyclic esters (lactones) is 1. The number of ether oxygens (including phenoxy) is 1. The number of esters is 1. The summed E-state index contributed by atoms with van der Waals surface area (Å²) in [6, 6.07) is 15.6. The largest absolute Gasteiger partial charge is 0.438 e. The standard InChI is InChI=1S/C22H25NO4S/c1-15(2)17-9-7-16(8-10-17)13-23(18-11-12-28(25,26)14-18)21-19-5-3-4-6-20(19)22(24)27-21/h3-10,15,18,21H,11-14H2,1-2H3. The van der Waals surface area contributed by atoms with Crippen LogP contribution in [0.25, 0.3) is 0 Å². The van der Waals surface area contributed by atoms with Crippen LogP contribution in [-0.4, -0.2) is 36.8 Å². The van der Waals surface area contributed by atoms with Gasteiger partial charge in [-0.3, -0.25) is 4.90 Å². The van der Waals surface area contributed by atoms with Crippen molar-refractivity contribution in [2.45, 2.75) is 45.0 Å². The molecule has 28 heavy (non-hydrogen) atoms. The highest BCUT2D eigenvalue weighted by Crippen LogP contribution is 2.37. The molecule has 6 heteroatoms. The predicted molar refractivity (Wildman–Crippen MR) is 108 cm³/mol. The van der Waals surface area contributed by atoms with E-state index in [1.165, 1.54) is 5.56 Å². The lowest BCUT2D eigenvalue weighted by Crippen LogP contribution is -2.39. The Balaban J connectivity index is 1.66. The topological polar surface area (TPSA) is 63.7 Å². The molecule has 2 aliphatic rings. The Bertz CT molecular complexity index is 982. The molecule has 0 radical (unpaired) electrons. The van der Waals surface area contributed by atoms with Crippen LogP contribution in [0.2, 0.25) is 0 Å². The lowest BCUT2D eigenvalue weighted by Gasteiger charge is -2.33. The minimum absolute atomic E-state index is 0.104. The lowest BCUT2D eigenvalue weighted by molar-refractivity contribution is -0.0424. The Morgan fingerprint density at radius 3 is 2.46 bits per heavy atom. The first-order valence-electron chi connectivity index (χ1n) is 9.69. The molecule has 2 atom stereocenters. The molecule has 0 spiro atoms. The molecule has 4 rings (SSSR count). The fourth-order valence-corrected chi connectivity index (χ4v) is 5.77. The molecule has 1 fully saturated rings. The zero-order valence-corrected chi connectivity index (χ0v) is 17.0. The Kier molecular flexibility index (Phi) is 5.02. The maximum Gasteiger partial charge on any atom is 0.340 e. The molecule has 2 aromatic rings. The smallest absolute Gasteiger partial charge is 0.340 e. The van der Waals surface area contributed by atoms with Crippen molar-refractivity contribution in [1.29, 1.82) is 0 Å². The van der Waals surface area contributed by atoms with Gasteiger partial charge in [0.05, 0.1) is 17.1 Å². The van der Waals surface area contributed by atoms with Gasteiger partial charge in [-0.1, -0.05) is 56.3 Å². The maximum atomic E-state index is 12.3. The number of benzene rings is 2. The Morgan fingerprint density at radius 2 is 1.82 bits per heavy atom. The van der Waals surface area contributed by atoms with Crippen molar-refractivity contribution in [2.24, 2.45) is 0 Å². The monoisotopic (exact) mass is 399 g/mol. The van der Waals surface area contributed by atoms with E-state index < -0.39 is 16.1 Å². The fraction of sp³-hybridized carbons (Fsp3) is 0.409. The molecular weight excluding hydrogens is 374 g/mol. The van der Waals surface area contributed by atoms with Crippen molar-refractivity contribution in [3.63, 3.8) is 0 Å². The first-order chi connectivity index (χ1) is 13.3. The van der Waals surface area contributed by atoms with Crippen LogP contribution in [0.4, 0.5) is 0 Å². The Labute approximate surface area is 166 Å². The number of fused-ring (bicyclic) bond motifs is 1. The molecule has 1 saturated heterocycles. The molecule has 0 aliphatic carbocycles. The van der Waals surface area contributed by atoms with Crippen LogP contribution in [0.1, 0.15) is 59.5 Å². The highest BCUT2D eigenvalue weighted by Gasteiger charge is 2.41. The maximum absolute atomic E-state index is 12.3. The molecule has 2 aromatic carbocycles. The Hall–Kier alpha value is -2.18. The molecule has 2 heterocycles. The van der Waals surface area contributed by atoms with Crippen LogP contribution >= 0.6 is 0 Å². The van der Waals surface area contributed by atoms with Crippen LogP contribution in [-0.2, 0) is 21.1 Å². The molecular formula is C22H25NO4S. The van der Waals surface area contributed by atoms with Crippen LogP contribution in [0, 0.1) is 0 Å². The van der Waals surface area contributed by atoms with Gasteiger partial charge in [0, 0.05) is 18.2 Å². The van der Waals surface area contributed by atoms with Gasteiger partial charge in [-0.25, -0.2) is 13.2 Å². The van der Waals surface area contributed by atoms with E-state index in [1.807, 2.05) is 23.1 Å². The number of carbonyl (C=O) groups is 1. The van der Waals surface area contributed by atoms with E-state index >= 15 is 0 Å². The zero-order chi connectivity index (χ0) is 19.9. The predicted octanol–water partition coefficient (Wildman–Crippen LogP) is 3.67. The van der Waals surface area contributed by atoms with E-state index in [1.54, 1.807) is 6.07 Å². The van der Waals surface area contributed by atoms with Gasteiger partial charge in [-0.2, -0.15) is 0 Å². The van der Waals surface area contributed by atoms with Crippen LogP contribution < -0.4 is 0 Å². The number of carbonyl (C=O) groups excluding carboxylic acids is 1. The summed E-state index contributed by atoms with van der Waals surface area (Å²) >= 11 is 0. The molecule has 2 aliphatic heterocycles. The van der Waals surface area contributed by atoms with E-state index in [0.717, 1.165) is 11.1 Å². The van der Waals surface area contributed by atoms with Crippen molar-refractivity contribution in [3.8, 4) is 0 Å². The van der Waals surface area contributed by atoms with Crippen molar-refractivity contribution in [1.82, 2.24) is 4.90 Å². The van der Waals surface area contributed by atoms with Gasteiger partial charge < -0.3 is 4.74 Å². The average molecular weight is 400 g/mol. The number of nitrogens with zero attached hydrogens (tertiary/aromatic N) is 1. The van der Waals surface area contributed by atoms with Crippen molar-refractivity contribution < 1.29 is 17.9 Å². The summed E-state index contributed by atoms with van der Waals surface area (Å²) in [4.78, 5) is 14.4. The summed E-state index contributed by atoms with van der Waals surface area (Å²) in [5, 5.41) is 0. The number of hydrogen-bond acceptors (Lipinski definition) is 5. The van der Waals surface area contributed by atoms with Gasteiger partial charge in [0.15, 0.2) is 16.1 Å². The second-order valence-electron chi connectivity index (χ2n) is 7.97. The highest BCUT2D eigenvalue weighted by atomic mass is 32.2. The first kappa shape index (κ1) is 19.2. The van der Waals surface area contributed by atoms with Gasteiger partial charge in [0.1, 0.15) is 0 Å². The van der Waals surface area contributed by atoms with Gasteiger partial charge in [-0.15, -0.1) is 0 Å². The van der Waals surface area contributed by atoms with Crippen molar-refractivity contribution in [3.05, 3.63) is 70.8 Å². The summed E-state index contributed by atoms with van der Waals surface area (Å²) in [6.45, 7) is 4.84. The van der Waals surface area contributed by atoms with E-state index in [4.69, 9.17) is 4.74 Å². The average Bonchev–Trinajstić information content (AvgIpc) is 3.20. The van der Waals surface area contributed by atoms with Crippen molar-refractivity contribution in [2.75, 3.05) is 11.5 Å². The summed E-state index contributed by atoms with van der Waals surface area (Å²) in [5.41, 5.74) is 3.72. The minimum atomic E-state index is -3.05. The van der Waals surface area contributed by atoms with E-state index in [9.17, 15) is 13.2 Å². The van der Waals surface area contributed by atoms with E-state index in [0.29, 0.717) is 24.4 Å². The molecule has 0 aromatic heterocycles. The van der Waals surface area contributed by atoms with Gasteiger partial charge >= 0.3 is 5.97 Å². The minimum Gasteiger partial charge on any atom is -0.438 e. The second kappa shape index (κ2) is 7.33. The summed E-state index contributed by atoms with van der Waals surface area (Å²) in [7, 11) is -3.05. The highest BCUT2D eigenvalue weighted by molar-refractivity contribution is 7.91. The third kappa shape index (κ3) is 3.71. The zero-order valence-electron chi connectivity index (χ0n) is 16.2. The van der Waals surface area contributed by atoms with Crippen molar-refractivity contribution >= 4 is 15.8 Å². The fourth-order valence-electron chi connectivity index (χ4n) is 4.03. The van der Waals surface area contributed by atoms with Gasteiger partial charge in [0.2, 0.25) is 0 Å². The number of rotatable bonds is 5. The number of hydrogen-bond donors (Lipinski definition) is 0. The quantitative estimate of drug-likeness (QED) is 0.718. The molecule has 0 amide bonds.